The number of oxime groups is 1. The molecule has 4 aliphatic rings. The first kappa shape index (κ1) is 23.9. The van der Waals surface area contributed by atoms with E-state index in [0.717, 1.165) is 35.9 Å². The van der Waals surface area contributed by atoms with Gasteiger partial charge in [0.2, 0.25) is 17.4 Å². The van der Waals surface area contributed by atoms with Crippen molar-refractivity contribution in [3.05, 3.63) is 28.7 Å². The van der Waals surface area contributed by atoms with Gasteiger partial charge < -0.3 is 31.6 Å². The van der Waals surface area contributed by atoms with Gasteiger partial charge in [0.15, 0.2) is 5.13 Å². The Kier molecular flexibility index (Phi) is 6.17. The van der Waals surface area contributed by atoms with Crippen LogP contribution in [0.1, 0.15) is 31.5 Å². The first-order valence-corrected chi connectivity index (χ1v) is 12.2. The number of allylic oxidation sites excluding steroid dienone is 2. The molecule has 0 radical (unpaired) electrons. The molecule has 3 saturated heterocycles. The van der Waals surface area contributed by atoms with Crippen LogP contribution >= 0.6 is 11.5 Å². The van der Waals surface area contributed by atoms with Gasteiger partial charge >= 0.3 is 5.97 Å². The number of carbonyl (C=O) groups is 4. The van der Waals surface area contributed by atoms with Crippen molar-refractivity contribution < 1.29 is 29.5 Å². The van der Waals surface area contributed by atoms with Crippen LogP contribution in [0.15, 0.2) is 28.1 Å². The molecule has 14 nitrogen and oxygen atoms in total. The summed E-state index contributed by atoms with van der Waals surface area (Å²) in [6, 6.07) is -1.47. The molecule has 36 heavy (non-hydrogen) atoms. The predicted molar refractivity (Wildman–Crippen MR) is 125 cm³/mol. The van der Waals surface area contributed by atoms with Crippen LogP contribution in [-0.4, -0.2) is 96.6 Å². The molecule has 6 N–H and O–H groups in total. The third-order valence-electron chi connectivity index (χ3n) is 6.91. The first-order valence-electron chi connectivity index (χ1n) is 11.4. The van der Waals surface area contributed by atoms with E-state index in [1.165, 1.54) is 0 Å². The zero-order chi connectivity index (χ0) is 25.6. The Bertz CT molecular complexity index is 1230. The minimum atomic E-state index is -1.29. The average molecular weight is 517 g/mol. The van der Waals surface area contributed by atoms with E-state index in [4.69, 9.17) is 5.73 Å². The number of likely N-dealkylation sites (tertiary alicyclic amines) is 1. The summed E-state index contributed by atoms with van der Waals surface area (Å²) < 4.78 is 3.82. The number of nitrogens with one attached hydrogen (secondary N) is 2. The highest BCUT2D eigenvalue weighted by Crippen LogP contribution is 2.38. The van der Waals surface area contributed by atoms with Crippen molar-refractivity contribution >= 4 is 46.1 Å². The number of aromatic nitrogens is 2. The van der Waals surface area contributed by atoms with Gasteiger partial charge in [0.25, 0.3) is 11.8 Å². The number of nitrogens with two attached hydrogens (primary N) is 1. The SMILES string of the molecule is Nc1nc(/C(=N\O)C(=O)N[C@@H]2C(=O)N3C(C(=O)O)=C(/C=C4\CCN(C5CCNC5)C4=O)CCC23)ns1. The standard InChI is InChI=1S/C21H24N8O6S/c22-21-25-16(27-36-21)14(26-35)17(30)24-13-12-2-1-9(15(20(33)34)29(12)19(13)32)7-10-4-6-28(18(10)31)11-3-5-23-8-11/h7,11-13,23,35H,1-6,8H2,(H,24,30)(H,33,34)(H2,22,25,27)/b10-7+,26-14+/t11?,12?,13-/m0/s1. The highest BCUT2D eigenvalue weighted by molar-refractivity contribution is 7.09. The fourth-order valence-corrected chi connectivity index (χ4v) is 5.63. The summed E-state index contributed by atoms with van der Waals surface area (Å²) in [5.41, 5.74) is 5.75. The molecule has 5 rings (SSSR count). The fraction of sp³-hybridized carbons (Fsp3) is 0.476. The average Bonchev–Trinajstić information content (AvgIpc) is 3.60. The van der Waals surface area contributed by atoms with Crippen molar-refractivity contribution in [2.45, 2.75) is 43.8 Å². The molecule has 1 aromatic rings. The summed E-state index contributed by atoms with van der Waals surface area (Å²) in [6.45, 7) is 2.19. The number of anilines is 1. The summed E-state index contributed by atoms with van der Waals surface area (Å²) in [5.74, 6) is -3.07. The number of aliphatic carboxylic acids is 1. The van der Waals surface area contributed by atoms with Crippen molar-refractivity contribution in [3.63, 3.8) is 0 Å². The molecule has 3 fully saturated rings. The molecular weight excluding hydrogens is 492 g/mol. The second kappa shape index (κ2) is 9.31. The van der Waals surface area contributed by atoms with E-state index in [1.54, 1.807) is 6.08 Å². The van der Waals surface area contributed by atoms with E-state index >= 15 is 0 Å². The van der Waals surface area contributed by atoms with E-state index in [2.05, 4.69) is 25.1 Å². The van der Waals surface area contributed by atoms with E-state index in [-0.39, 0.29) is 28.6 Å². The van der Waals surface area contributed by atoms with E-state index in [0.29, 0.717) is 37.0 Å². The van der Waals surface area contributed by atoms with Crippen LogP contribution in [0.4, 0.5) is 5.13 Å². The highest BCUT2D eigenvalue weighted by atomic mass is 32.1. The second-order valence-corrected chi connectivity index (χ2v) is 9.70. The third kappa shape index (κ3) is 3.99. The Morgan fingerprint density at radius 3 is 2.72 bits per heavy atom. The minimum Gasteiger partial charge on any atom is -0.477 e. The van der Waals surface area contributed by atoms with Crippen LogP contribution in [0, 0.1) is 0 Å². The van der Waals surface area contributed by atoms with E-state index in [1.807, 2.05) is 4.90 Å². The Hall–Kier alpha value is -3.85. The van der Waals surface area contributed by atoms with Crippen molar-refractivity contribution in [2.24, 2.45) is 5.16 Å². The molecule has 190 valence electrons. The number of hydrogen-bond acceptors (Lipinski definition) is 11. The Balaban J connectivity index is 1.33. The number of amides is 3. The largest absolute Gasteiger partial charge is 0.477 e. The summed E-state index contributed by atoms with van der Waals surface area (Å²) in [4.78, 5) is 57.4. The van der Waals surface area contributed by atoms with Gasteiger partial charge in [-0.2, -0.15) is 9.36 Å². The fourth-order valence-electron chi connectivity index (χ4n) is 5.20. The molecule has 0 saturated carbocycles. The number of nitrogen functional groups attached to an aromatic ring is 1. The zero-order valence-corrected chi connectivity index (χ0v) is 19.8. The monoisotopic (exact) mass is 516 g/mol. The third-order valence-corrected chi connectivity index (χ3v) is 7.46. The highest BCUT2D eigenvalue weighted by Gasteiger charge is 2.53. The maximum absolute atomic E-state index is 12.9. The van der Waals surface area contributed by atoms with Gasteiger partial charge in [-0.25, -0.2) is 4.79 Å². The van der Waals surface area contributed by atoms with Crippen LogP contribution in [0.5, 0.6) is 0 Å². The van der Waals surface area contributed by atoms with Gasteiger partial charge in [-0.05, 0) is 43.9 Å². The molecule has 3 atom stereocenters. The Morgan fingerprint density at radius 1 is 1.28 bits per heavy atom. The van der Waals surface area contributed by atoms with Gasteiger partial charge in [0.05, 0.1) is 6.04 Å². The summed E-state index contributed by atoms with van der Waals surface area (Å²) in [7, 11) is 0. The van der Waals surface area contributed by atoms with Crippen molar-refractivity contribution in [3.8, 4) is 0 Å². The van der Waals surface area contributed by atoms with Gasteiger partial charge in [-0.3, -0.25) is 19.3 Å². The molecule has 0 aromatic carbocycles. The molecule has 15 heteroatoms. The number of fused-ring (bicyclic) bond motifs is 1. The van der Waals surface area contributed by atoms with E-state index in [9.17, 15) is 29.5 Å². The first-order chi connectivity index (χ1) is 17.3. The lowest BCUT2D eigenvalue weighted by molar-refractivity contribution is -0.155. The number of β-lactam (4-membered cyclic amide) rings is 1. The number of carboxylic acids is 1. The van der Waals surface area contributed by atoms with Gasteiger partial charge in [-0.15, -0.1) is 0 Å². The smallest absolute Gasteiger partial charge is 0.352 e. The van der Waals surface area contributed by atoms with Crippen LogP contribution in [0.2, 0.25) is 0 Å². The lowest BCUT2D eigenvalue weighted by Crippen LogP contribution is -2.72. The normalized spacial score (nSPS) is 27.5. The zero-order valence-electron chi connectivity index (χ0n) is 19.0. The maximum Gasteiger partial charge on any atom is 0.352 e. The van der Waals surface area contributed by atoms with Gasteiger partial charge in [-0.1, -0.05) is 5.16 Å². The Labute approximate surface area is 208 Å². The Morgan fingerprint density at radius 2 is 2.08 bits per heavy atom. The number of nitrogens with zero attached hydrogens (tertiary/aromatic N) is 5. The van der Waals surface area contributed by atoms with E-state index < -0.39 is 35.6 Å². The predicted octanol–water partition coefficient (Wildman–Crippen LogP) is -1.35. The molecular formula is C21H24N8O6S. The molecule has 3 amide bonds. The van der Waals surface area contributed by atoms with Crippen LogP contribution in [0.3, 0.4) is 0 Å². The van der Waals surface area contributed by atoms with Crippen LogP contribution < -0.4 is 16.4 Å². The molecule has 0 bridgehead atoms. The second-order valence-electron chi connectivity index (χ2n) is 8.91. The van der Waals surface area contributed by atoms with Crippen LogP contribution in [-0.2, 0) is 19.2 Å². The molecule has 4 aliphatic heterocycles. The summed E-state index contributed by atoms with van der Waals surface area (Å²) >= 11 is 0.809. The van der Waals surface area contributed by atoms with Gasteiger partial charge in [0.1, 0.15) is 11.7 Å². The lowest BCUT2D eigenvalue weighted by atomic mass is 9.83. The quantitative estimate of drug-likeness (QED) is 0.0988. The topological polar surface area (TPSA) is 203 Å². The molecule has 5 heterocycles. The summed E-state index contributed by atoms with van der Waals surface area (Å²) in [5, 5.41) is 27.9. The number of carbonyl (C=O) groups excluding carboxylic acids is 3. The number of rotatable bonds is 6. The molecule has 0 aliphatic carbocycles. The number of carboxylic acid groups (broad SMARTS) is 1. The number of hydrogen-bond donors (Lipinski definition) is 5. The maximum atomic E-state index is 12.9. The summed E-state index contributed by atoms with van der Waals surface area (Å²) in [6.07, 6.45) is 3.70. The van der Waals surface area contributed by atoms with Gasteiger partial charge in [0, 0.05) is 36.2 Å². The minimum absolute atomic E-state index is 0.0683. The van der Waals surface area contributed by atoms with Crippen molar-refractivity contribution in [2.75, 3.05) is 25.4 Å². The molecule has 0 spiro atoms. The van der Waals surface area contributed by atoms with Crippen molar-refractivity contribution in [1.82, 2.24) is 29.8 Å². The molecule has 2 unspecified atom stereocenters. The lowest BCUT2D eigenvalue weighted by Gasteiger charge is -2.50. The molecule has 1 aromatic heterocycles. The van der Waals surface area contributed by atoms with Crippen LogP contribution in [0.25, 0.3) is 0 Å². The van der Waals surface area contributed by atoms with Crippen molar-refractivity contribution in [1.29, 1.82) is 0 Å².